The van der Waals surface area contributed by atoms with Gasteiger partial charge in [-0.25, -0.2) is 0 Å². The minimum absolute atomic E-state index is 0.00180. The maximum Gasteiger partial charge on any atom is 0.240 e. The van der Waals surface area contributed by atoms with E-state index in [1.165, 1.54) is 0 Å². The second kappa shape index (κ2) is 5.39. The normalized spacial score (nSPS) is 34.1. The summed E-state index contributed by atoms with van der Waals surface area (Å²) >= 11 is 1.79. The first-order valence-electron chi connectivity index (χ1n) is 6.67. The lowest BCUT2D eigenvalue weighted by Crippen LogP contribution is -2.64. The van der Waals surface area contributed by atoms with E-state index < -0.39 is 0 Å². The summed E-state index contributed by atoms with van der Waals surface area (Å²) in [5, 5.41) is 3.24. The fourth-order valence-corrected chi connectivity index (χ4v) is 3.89. The van der Waals surface area contributed by atoms with Crippen molar-refractivity contribution in [1.29, 1.82) is 0 Å². The molecule has 0 spiro atoms. The number of nitrogens with zero attached hydrogens (tertiary/aromatic N) is 1. The highest BCUT2D eigenvalue weighted by atomic mass is 32.2. The Bertz CT molecular complexity index is 316. The van der Waals surface area contributed by atoms with Gasteiger partial charge in [-0.1, -0.05) is 13.8 Å². The average molecular weight is 272 g/mol. The molecule has 2 aliphatic rings. The largest absolute Gasteiger partial charge is 0.378 e. The molecule has 0 unspecified atom stereocenters. The van der Waals surface area contributed by atoms with Gasteiger partial charge >= 0.3 is 0 Å². The Morgan fingerprint density at radius 2 is 2.28 bits per heavy atom. The number of rotatable bonds is 4. The molecule has 2 rings (SSSR count). The lowest BCUT2D eigenvalue weighted by molar-refractivity contribution is -0.164. The molecule has 1 heterocycles. The Morgan fingerprint density at radius 3 is 2.78 bits per heavy atom. The van der Waals surface area contributed by atoms with E-state index in [2.05, 4.69) is 19.2 Å². The van der Waals surface area contributed by atoms with Gasteiger partial charge in [0.05, 0.1) is 12.1 Å². The molecule has 0 aromatic heterocycles. The minimum Gasteiger partial charge on any atom is -0.378 e. The standard InChI is InChI=1S/C13H24N2O2S/c1-5-17-11-6-10(13(11,2)3)15(4)12(16)9-7-18-8-14-9/h9-11,14H,5-8H2,1-4H3/t9-,10-,11-/m1/s1. The zero-order valence-corrected chi connectivity index (χ0v) is 12.5. The molecule has 3 atom stereocenters. The van der Waals surface area contributed by atoms with Gasteiger partial charge in [-0.15, -0.1) is 11.8 Å². The van der Waals surface area contributed by atoms with Crippen molar-refractivity contribution in [1.82, 2.24) is 10.2 Å². The van der Waals surface area contributed by atoms with Crippen molar-refractivity contribution >= 4 is 17.7 Å². The van der Waals surface area contributed by atoms with Crippen LogP contribution < -0.4 is 5.32 Å². The van der Waals surface area contributed by atoms with Crippen LogP contribution in [0.25, 0.3) is 0 Å². The topological polar surface area (TPSA) is 41.6 Å². The van der Waals surface area contributed by atoms with E-state index in [0.29, 0.717) is 6.04 Å². The second-order valence-electron chi connectivity index (χ2n) is 5.74. The number of ether oxygens (including phenoxy) is 1. The summed E-state index contributed by atoms with van der Waals surface area (Å²) in [6, 6.07) is 0.302. The van der Waals surface area contributed by atoms with E-state index in [1.54, 1.807) is 11.8 Å². The van der Waals surface area contributed by atoms with Gasteiger partial charge in [0.2, 0.25) is 5.91 Å². The fourth-order valence-electron chi connectivity index (χ4n) is 2.96. The van der Waals surface area contributed by atoms with Crippen LogP contribution in [0.5, 0.6) is 0 Å². The zero-order chi connectivity index (χ0) is 13.3. The highest BCUT2D eigenvalue weighted by Gasteiger charge is 2.52. The monoisotopic (exact) mass is 272 g/mol. The number of thioether (sulfide) groups is 1. The number of likely N-dealkylation sites (N-methyl/N-ethyl adjacent to an activating group) is 1. The smallest absolute Gasteiger partial charge is 0.240 e. The van der Waals surface area contributed by atoms with Crippen molar-refractivity contribution in [2.24, 2.45) is 5.41 Å². The Morgan fingerprint density at radius 1 is 1.56 bits per heavy atom. The molecular weight excluding hydrogens is 248 g/mol. The van der Waals surface area contributed by atoms with Crippen LogP contribution in [-0.2, 0) is 9.53 Å². The predicted octanol–water partition coefficient (Wildman–Crippen LogP) is 1.31. The van der Waals surface area contributed by atoms with Gasteiger partial charge in [0, 0.05) is 36.7 Å². The van der Waals surface area contributed by atoms with E-state index in [-0.39, 0.29) is 23.5 Å². The van der Waals surface area contributed by atoms with Crippen molar-refractivity contribution < 1.29 is 9.53 Å². The first kappa shape index (κ1) is 14.2. The molecule has 0 aromatic carbocycles. The van der Waals surface area contributed by atoms with Crippen LogP contribution in [0.15, 0.2) is 0 Å². The third kappa shape index (κ3) is 2.40. The molecule has 104 valence electrons. The SMILES string of the molecule is CCO[C@@H]1C[C@@H](N(C)C(=O)[C@H]2CSCN2)C1(C)C. The molecule has 1 saturated carbocycles. The number of carbonyl (C=O) groups excluding carboxylic acids is 1. The maximum absolute atomic E-state index is 12.3. The lowest BCUT2D eigenvalue weighted by Gasteiger charge is -2.55. The molecule has 1 aliphatic heterocycles. The van der Waals surface area contributed by atoms with Crippen LogP contribution in [-0.4, -0.2) is 54.3 Å². The van der Waals surface area contributed by atoms with Gasteiger partial charge in [0.15, 0.2) is 0 Å². The first-order chi connectivity index (χ1) is 8.48. The minimum atomic E-state index is 0.00180. The van der Waals surface area contributed by atoms with Crippen LogP contribution in [0.3, 0.4) is 0 Å². The summed E-state index contributed by atoms with van der Waals surface area (Å²) in [6.45, 7) is 7.17. The molecule has 1 aliphatic carbocycles. The number of hydrogen-bond acceptors (Lipinski definition) is 4. The summed E-state index contributed by atoms with van der Waals surface area (Å²) < 4.78 is 5.72. The third-order valence-electron chi connectivity index (χ3n) is 4.32. The van der Waals surface area contributed by atoms with Crippen molar-refractivity contribution in [2.75, 3.05) is 25.3 Å². The molecule has 0 radical (unpaired) electrons. The van der Waals surface area contributed by atoms with Gasteiger partial charge in [-0.05, 0) is 13.3 Å². The predicted molar refractivity (Wildman–Crippen MR) is 74.6 cm³/mol. The maximum atomic E-state index is 12.3. The van der Waals surface area contributed by atoms with Gasteiger partial charge in [-0.2, -0.15) is 0 Å². The van der Waals surface area contributed by atoms with Crippen LogP contribution in [0.1, 0.15) is 27.2 Å². The van der Waals surface area contributed by atoms with Crippen LogP contribution in [0.4, 0.5) is 0 Å². The molecule has 1 N–H and O–H groups in total. The van der Waals surface area contributed by atoms with Crippen molar-refractivity contribution in [3.05, 3.63) is 0 Å². The van der Waals surface area contributed by atoms with Crippen molar-refractivity contribution in [3.8, 4) is 0 Å². The summed E-state index contributed by atoms with van der Waals surface area (Å²) in [5.41, 5.74) is 0.0617. The van der Waals surface area contributed by atoms with E-state index in [9.17, 15) is 4.79 Å². The van der Waals surface area contributed by atoms with E-state index in [4.69, 9.17) is 4.74 Å². The molecule has 4 nitrogen and oxygen atoms in total. The number of amides is 1. The first-order valence-corrected chi connectivity index (χ1v) is 7.83. The van der Waals surface area contributed by atoms with Crippen LogP contribution in [0, 0.1) is 5.41 Å². The lowest BCUT2D eigenvalue weighted by atomic mass is 9.63. The summed E-state index contributed by atoms with van der Waals surface area (Å²) in [6.07, 6.45) is 1.25. The Labute approximate surface area is 114 Å². The van der Waals surface area contributed by atoms with E-state index in [1.807, 2.05) is 18.9 Å². The van der Waals surface area contributed by atoms with Crippen LogP contribution in [0.2, 0.25) is 0 Å². The number of nitrogens with one attached hydrogen (secondary N) is 1. The molecule has 1 amide bonds. The van der Waals surface area contributed by atoms with E-state index in [0.717, 1.165) is 24.7 Å². The zero-order valence-electron chi connectivity index (χ0n) is 11.7. The van der Waals surface area contributed by atoms with Crippen LogP contribution >= 0.6 is 11.8 Å². The Hall–Kier alpha value is -0.260. The average Bonchev–Trinajstić information content (AvgIpc) is 2.86. The van der Waals surface area contributed by atoms with Gasteiger partial charge in [0.25, 0.3) is 0 Å². The molecule has 0 aromatic rings. The fraction of sp³-hybridized carbons (Fsp3) is 0.923. The summed E-state index contributed by atoms with van der Waals surface area (Å²) in [4.78, 5) is 14.3. The molecule has 1 saturated heterocycles. The van der Waals surface area contributed by atoms with Crippen molar-refractivity contribution in [2.45, 2.75) is 45.4 Å². The molecule has 18 heavy (non-hydrogen) atoms. The highest BCUT2D eigenvalue weighted by molar-refractivity contribution is 7.99. The van der Waals surface area contributed by atoms with E-state index >= 15 is 0 Å². The highest BCUT2D eigenvalue weighted by Crippen LogP contribution is 2.45. The van der Waals surface area contributed by atoms with Gasteiger partial charge < -0.3 is 9.64 Å². The number of carbonyl (C=O) groups is 1. The molecule has 0 bridgehead atoms. The van der Waals surface area contributed by atoms with Gasteiger partial charge in [-0.3, -0.25) is 10.1 Å². The second-order valence-corrected chi connectivity index (χ2v) is 6.77. The molecule has 2 fully saturated rings. The van der Waals surface area contributed by atoms with Crippen molar-refractivity contribution in [3.63, 3.8) is 0 Å². The summed E-state index contributed by atoms with van der Waals surface area (Å²) in [7, 11) is 1.93. The Balaban J connectivity index is 1.94. The Kier molecular flexibility index (Phi) is 4.24. The molecular formula is C13H24N2O2S. The van der Waals surface area contributed by atoms with Gasteiger partial charge in [0.1, 0.15) is 0 Å². The number of hydrogen-bond donors (Lipinski definition) is 1. The quantitative estimate of drug-likeness (QED) is 0.838. The summed E-state index contributed by atoms with van der Waals surface area (Å²) in [5.74, 6) is 2.01. The third-order valence-corrected chi connectivity index (χ3v) is 5.26. The molecule has 5 heteroatoms.